The SMILES string of the molecule is COc1cccc(CNCCCC(N)=O)c1OC(F)F. The molecule has 0 aromatic heterocycles. The number of carbonyl (C=O) groups is 1. The highest BCUT2D eigenvalue weighted by atomic mass is 19.3. The van der Waals surface area contributed by atoms with Crippen molar-refractivity contribution in [1.82, 2.24) is 5.32 Å². The third-order valence-electron chi connectivity index (χ3n) is 2.58. The molecule has 1 aromatic rings. The van der Waals surface area contributed by atoms with E-state index in [0.29, 0.717) is 25.1 Å². The molecule has 0 bridgehead atoms. The number of para-hydroxylation sites is 1. The van der Waals surface area contributed by atoms with Gasteiger partial charge < -0.3 is 20.5 Å². The number of hydrogen-bond acceptors (Lipinski definition) is 4. The van der Waals surface area contributed by atoms with Crippen molar-refractivity contribution in [2.75, 3.05) is 13.7 Å². The molecule has 7 heteroatoms. The number of nitrogens with one attached hydrogen (secondary N) is 1. The Morgan fingerprint density at radius 2 is 2.20 bits per heavy atom. The molecule has 0 radical (unpaired) electrons. The maximum Gasteiger partial charge on any atom is 0.387 e. The zero-order valence-corrected chi connectivity index (χ0v) is 11.2. The van der Waals surface area contributed by atoms with Crippen molar-refractivity contribution >= 4 is 5.91 Å². The molecular weight excluding hydrogens is 270 g/mol. The summed E-state index contributed by atoms with van der Waals surface area (Å²) < 4.78 is 34.3. The van der Waals surface area contributed by atoms with Crippen LogP contribution in [0, 0.1) is 0 Å². The Balaban J connectivity index is 2.61. The summed E-state index contributed by atoms with van der Waals surface area (Å²) in [4.78, 5) is 10.6. The highest BCUT2D eigenvalue weighted by molar-refractivity contribution is 5.73. The predicted molar refractivity (Wildman–Crippen MR) is 69.8 cm³/mol. The van der Waals surface area contributed by atoms with Gasteiger partial charge in [0.1, 0.15) is 0 Å². The molecule has 5 nitrogen and oxygen atoms in total. The van der Waals surface area contributed by atoms with E-state index in [1.54, 1.807) is 18.2 Å². The molecule has 0 aliphatic carbocycles. The van der Waals surface area contributed by atoms with Gasteiger partial charge in [0, 0.05) is 18.5 Å². The normalized spacial score (nSPS) is 10.6. The molecule has 0 heterocycles. The van der Waals surface area contributed by atoms with Gasteiger partial charge in [-0.05, 0) is 19.0 Å². The van der Waals surface area contributed by atoms with E-state index in [-0.39, 0.29) is 23.8 Å². The predicted octanol–water partition coefficient (Wildman–Crippen LogP) is 1.65. The molecule has 0 saturated carbocycles. The number of benzene rings is 1. The van der Waals surface area contributed by atoms with E-state index in [4.69, 9.17) is 10.5 Å². The van der Waals surface area contributed by atoms with Crippen LogP contribution < -0.4 is 20.5 Å². The zero-order chi connectivity index (χ0) is 15.0. The first kappa shape index (κ1) is 16.2. The maximum absolute atomic E-state index is 12.4. The summed E-state index contributed by atoms with van der Waals surface area (Å²) in [5.41, 5.74) is 5.58. The van der Waals surface area contributed by atoms with Crippen molar-refractivity contribution < 1.29 is 23.0 Å². The van der Waals surface area contributed by atoms with E-state index in [9.17, 15) is 13.6 Å². The van der Waals surface area contributed by atoms with Crippen LogP contribution in [0.5, 0.6) is 11.5 Å². The molecule has 20 heavy (non-hydrogen) atoms. The maximum atomic E-state index is 12.4. The minimum atomic E-state index is -2.92. The summed E-state index contributed by atoms with van der Waals surface area (Å²) in [6.45, 7) is -2.04. The highest BCUT2D eigenvalue weighted by Gasteiger charge is 2.14. The number of rotatable bonds is 9. The Morgan fingerprint density at radius 1 is 1.45 bits per heavy atom. The molecule has 0 aliphatic heterocycles. The van der Waals surface area contributed by atoms with Gasteiger partial charge in [0.05, 0.1) is 7.11 Å². The molecular formula is C13H18F2N2O3. The number of halogens is 2. The fourth-order valence-electron chi connectivity index (χ4n) is 1.69. The van der Waals surface area contributed by atoms with Crippen molar-refractivity contribution in [3.63, 3.8) is 0 Å². The Morgan fingerprint density at radius 3 is 2.80 bits per heavy atom. The molecule has 0 fully saturated rings. The lowest BCUT2D eigenvalue weighted by molar-refractivity contribution is -0.118. The number of nitrogens with two attached hydrogens (primary N) is 1. The van der Waals surface area contributed by atoms with Gasteiger partial charge in [0.2, 0.25) is 5.91 Å². The smallest absolute Gasteiger partial charge is 0.387 e. The monoisotopic (exact) mass is 288 g/mol. The van der Waals surface area contributed by atoms with Crippen LogP contribution in [0.15, 0.2) is 18.2 Å². The molecule has 0 unspecified atom stereocenters. The first-order valence-corrected chi connectivity index (χ1v) is 6.14. The fraction of sp³-hybridized carbons (Fsp3) is 0.462. The molecule has 1 amide bonds. The molecule has 0 aliphatic rings. The Bertz CT molecular complexity index is 442. The number of ether oxygens (including phenoxy) is 2. The second kappa shape index (κ2) is 8.31. The Hall–Kier alpha value is -1.89. The summed E-state index contributed by atoms with van der Waals surface area (Å²) in [5, 5.41) is 3.03. The molecule has 112 valence electrons. The quantitative estimate of drug-likeness (QED) is 0.678. The van der Waals surface area contributed by atoms with Crippen LogP contribution in [0.1, 0.15) is 18.4 Å². The van der Waals surface area contributed by atoms with Gasteiger partial charge >= 0.3 is 6.61 Å². The second-order valence-electron chi connectivity index (χ2n) is 4.07. The van der Waals surface area contributed by atoms with Crippen LogP contribution in [-0.2, 0) is 11.3 Å². The van der Waals surface area contributed by atoms with E-state index in [0.717, 1.165) is 0 Å². The molecule has 1 aromatic carbocycles. The van der Waals surface area contributed by atoms with E-state index in [1.165, 1.54) is 7.11 Å². The Kier molecular flexibility index (Phi) is 6.72. The van der Waals surface area contributed by atoms with Crippen molar-refractivity contribution in [2.45, 2.75) is 26.0 Å². The van der Waals surface area contributed by atoms with Gasteiger partial charge in [-0.3, -0.25) is 4.79 Å². The zero-order valence-electron chi connectivity index (χ0n) is 11.2. The van der Waals surface area contributed by atoms with Crippen molar-refractivity contribution in [1.29, 1.82) is 0 Å². The third-order valence-corrected chi connectivity index (χ3v) is 2.58. The molecule has 0 spiro atoms. The topological polar surface area (TPSA) is 73.6 Å². The fourth-order valence-corrected chi connectivity index (χ4v) is 1.69. The van der Waals surface area contributed by atoms with Crippen molar-refractivity contribution in [2.24, 2.45) is 5.73 Å². The average molecular weight is 288 g/mol. The van der Waals surface area contributed by atoms with Gasteiger partial charge in [-0.1, -0.05) is 12.1 Å². The number of methoxy groups -OCH3 is 1. The van der Waals surface area contributed by atoms with Gasteiger partial charge in [0.25, 0.3) is 0 Å². The number of hydrogen-bond donors (Lipinski definition) is 2. The lowest BCUT2D eigenvalue weighted by Gasteiger charge is -2.14. The summed E-state index contributed by atoms with van der Waals surface area (Å²) in [6.07, 6.45) is 0.871. The number of carbonyl (C=O) groups excluding carboxylic acids is 1. The summed E-state index contributed by atoms with van der Waals surface area (Å²) in [6, 6.07) is 4.91. The standard InChI is InChI=1S/C13H18F2N2O3/c1-19-10-5-2-4-9(12(10)20-13(14)15)8-17-7-3-6-11(16)18/h2,4-5,13,17H,3,6-8H2,1H3,(H2,16,18). The first-order chi connectivity index (χ1) is 9.54. The van der Waals surface area contributed by atoms with Gasteiger partial charge in [-0.2, -0.15) is 8.78 Å². The lowest BCUT2D eigenvalue weighted by Crippen LogP contribution is -2.19. The van der Waals surface area contributed by atoms with Gasteiger partial charge in [0.15, 0.2) is 11.5 Å². The van der Waals surface area contributed by atoms with E-state index in [1.807, 2.05) is 0 Å². The van der Waals surface area contributed by atoms with Crippen LogP contribution in [0.3, 0.4) is 0 Å². The Labute approximate surface area is 116 Å². The molecule has 1 rings (SSSR count). The largest absolute Gasteiger partial charge is 0.493 e. The summed E-state index contributed by atoms with van der Waals surface area (Å²) in [5.74, 6) is -0.0935. The van der Waals surface area contributed by atoms with Gasteiger partial charge in [-0.25, -0.2) is 0 Å². The number of alkyl halides is 2. The van der Waals surface area contributed by atoms with Crippen molar-refractivity contribution in [3.8, 4) is 11.5 Å². The van der Waals surface area contributed by atoms with E-state index < -0.39 is 6.61 Å². The highest BCUT2D eigenvalue weighted by Crippen LogP contribution is 2.32. The lowest BCUT2D eigenvalue weighted by atomic mass is 10.2. The van der Waals surface area contributed by atoms with Crippen LogP contribution >= 0.6 is 0 Å². The summed E-state index contributed by atoms with van der Waals surface area (Å²) >= 11 is 0. The van der Waals surface area contributed by atoms with Gasteiger partial charge in [-0.15, -0.1) is 0 Å². The minimum absolute atomic E-state index is 0.0207. The van der Waals surface area contributed by atoms with Crippen LogP contribution in [0.4, 0.5) is 8.78 Å². The molecule has 0 atom stereocenters. The van der Waals surface area contributed by atoms with Crippen LogP contribution in [0.2, 0.25) is 0 Å². The molecule has 0 saturated heterocycles. The summed E-state index contributed by atoms with van der Waals surface area (Å²) in [7, 11) is 1.39. The van der Waals surface area contributed by atoms with Crippen LogP contribution in [-0.4, -0.2) is 26.2 Å². The third kappa shape index (κ3) is 5.40. The number of amides is 1. The molecule has 3 N–H and O–H groups in total. The average Bonchev–Trinajstić information content (AvgIpc) is 2.39. The second-order valence-corrected chi connectivity index (χ2v) is 4.07. The minimum Gasteiger partial charge on any atom is -0.493 e. The number of primary amides is 1. The van der Waals surface area contributed by atoms with Crippen molar-refractivity contribution in [3.05, 3.63) is 23.8 Å². The first-order valence-electron chi connectivity index (χ1n) is 6.14. The van der Waals surface area contributed by atoms with E-state index >= 15 is 0 Å². The van der Waals surface area contributed by atoms with E-state index in [2.05, 4.69) is 10.1 Å². The van der Waals surface area contributed by atoms with Crippen LogP contribution in [0.25, 0.3) is 0 Å².